The average molecular weight is 392 g/mol. The van der Waals surface area contributed by atoms with Crippen LogP contribution in [-0.4, -0.2) is 33.9 Å². The van der Waals surface area contributed by atoms with Gasteiger partial charge in [0.05, 0.1) is 22.6 Å². The van der Waals surface area contributed by atoms with Crippen LogP contribution < -0.4 is 11.0 Å². The first kappa shape index (κ1) is 19.7. The molecule has 0 fully saturated rings. The second-order valence-corrected chi connectivity index (χ2v) is 6.61. The van der Waals surface area contributed by atoms with Gasteiger partial charge in [0.25, 0.3) is 0 Å². The summed E-state index contributed by atoms with van der Waals surface area (Å²) in [5.74, 6) is -0.272. The van der Waals surface area contributed by atoms with Gasteiger partial charge in [-0.1, -0.05) is 12.1 Å². The molecule has 0 bridgehead atoms. The van der Waals surface area contributed by atoms with Gasteiger partial charge in [-0.25, -0.2) is 4.79 Å². The van der Waals surface area contributed by atoms with Gasteiger partial charge in [-0.3, -0.25) is 9.69 Å². The summed E-state index contributed by atoms with van der Waals surface area (Å²) in [6.07, 6.45) is -4.37. The maximum absolute atomic E-state index is 12.6. The maximum Gasteiger partial charge on any atom is 0.416 e. The highest BCUT2D eigenvalue weighted by atomic mass is 19.4. The molecule has 0 saturated heterocycles. The lowest BCUT2D eigenvalue weighted by Crippen LogP contribution is -2.39. The second kappa shape index (κ2) is 7.51. The van der Waals surface area contributed by atoms with E-state index in [1.165, 1.54) is 12.1 Å². The molecule has 2 aromatic carbocycles. The lowest BCUT2D eigenvalue weighted by Gasteiger charge is -2.24. The minimum atomic E-state index is -4.37. The standard InChI is InChI=1S/C19H19F3N4O2/c1-11(26(2)10-12-3-5-13(6-4-12)19(20,21)22)17(27)23-14-7-8-15-16(9-14)25-18(28)24-15/h3-9,11H,10H2,1-2H3,(H,23,27)(H2,24,25,28)/t11-/m0/s1. The van der Waals surface area contributed by atoms with Crippen molar-refractivity contribution < 1.29 is 18.0 Å². The molecule has 0 spiro atoms. The SMILES string of the molecule is C[C@@H](C(=O)Nc1ccc2[nH]c(=O)[nH]c2c1)N(C)Cc1ccc(C(F)(F)F)cc1. The summed E-state index contributed by atoms with van der Waals surface area (Å²) in [6.45, 7) is 2.02. The quantitative estimate of drug-likeness (QED) is 0.623. The predicted octanol–water partition coefficient (Wildman–Crippen LogP) is 3.33. The number of hydrogen-bond acceptors (Lipinski definition) is 3. The first-order valence-electron chi connectivity index (χ1n) is 8.53. The van der Waals surface area contributed by atoms with Crippen LogP contribution in [0.15, 0.2) is 47.3 Å². The van der Waals surface area contributed by atoms with Gasteiger partial charge < -0.3 is 15.3 Å². The molecule has 0 aliphatic heterocycles. The summed E-state index contributed by atoms with van der Waals surface area (Å²) >= 11 is 0. The summed E-state index contributed by atoms with van der Waals surface area (Å²) < 4.78 is 37.9. The molecule has 3 N–H and O–H groups in total. The van der Waals surface area contributed by atoms with E-state index in [2.05, 4.69) is 15.3 Å². The molecule has 6 nitrogen and oxygen atoms in total. The van der Waals surface area contributed by atoms with Crippen LogP contribution in [0.1, 0.15) is 18.1 Å². The Balaban J connectivity index is 1.63. The monoisotopic (exact) mass is 392 g/mol. The molecule has 0 saturated carbocycles. The molecule has 0 aliphatic carbocycles. The molecule has 3 rings (SSSR count). The van der Waals surface area contributed by atoms with Crippen molar-refractivity contribution in [2.45, 2.75) is 25.7 Å². The minimum absolute atomic E-state index is 0.272. The van der Waals surface area contributed by atoms with Crippen LogP contribution in [-0.2, 0) is 17.5 Å². The zero-order chi connectivity index (χ0) is 20.5. The zero-order valence-electron chi connectivity index (χ0n) is 15.2. The van der Waals surface area contributed by atoms with E-state index in [1.54, 1.807) is 37.1 Å². The number of benzene rings is 2. The van der Waals surface area contributed by atoms with Crippen LogP contribution in [0.3, 0.4) is 0 Å². The first-order valence-corrected chi connectivity index (χ1v) is 8.53. The molecule has 3 aromatic rings. The fourth-order valence-electron chi connectivity index (χ4n) is 2.78. The Labute approximate surface area is 158 Å². The molecule has 1 amide bonds. The van der Waals surface area contributed by atoms with Crippen molar-refractivity contribution in [1.29, 1.82) is 0 Å². The third-order valence-electron chi connectivity index (χ3n) is 4.54. The Kier molecular flexibility index (Phi) is 5.28. The third kappa shape index (κ3) is 4.42. The van der Waals surface area contributed by atoms with E-state index >= 15 is 0 Å². The van der Waals surface area contributed by atoms with Gasteiger partial charge in [0.2, 0.25) is 5.91 Å². The van der Waals surface area contributed by atoms with E-state index in [1.807, 2.05) is 0 Å². The Bertz CT molecular complexity index is 1040. The lowest BCUT2D eigenvalue weighted by molar-refractivity contribution is -0.137. The number of fused-ring (bicyclic) bond motifs is 1. The van der Waals surface area contributed by atoms with Crippen LogP contribution in [0.5, 0.6) is 0 Å². The molecule has 9 heteroatoms. The van der Waals surface area contributed by atoms with E-state index < -0.39 is 17.8 Å². The number of carbonyl (C=O) groups is 1. The van der Waals surface area contributed by atoms with E-state index in [-0.39, 0.29) is 11.6 Å². The number of amides is 1. The first-order chi connectivity index (χ1) is 13.1. The number of nitrogens with one attached hydrogen (secondary N) is 3. The number of halogens is 3. The van der Waals surface area contributed by atoms with Gasteiger partial charge in [0.15, 0.2) is 0 Å². The van der Waals surface area contributed by atoms with Crippen molar-refractivity contribution in [3.63, 3.8) is 0 Å². The van der Waals surface area contributed by atoms with Crippen LogP contribution in [0.2, 0.25) is 0 Å². The molecule has 0 aliphatic rings. The minimum Gasteiger partial charge on any atom is -0.325 e. The number of imidazole rings is 1. The number of H-pyrrole nitrogens is 2. The molecule has 28 heavy (non-hydrogen) atoms. The fourth-order valence-corrected chi connectivity index (χ4v) is 2.78. The summed E-state index contributed by atoms with van der Waals surface area (Å²) in [4.78, 5) is 30.8. The second-order valence-electron chi connectivity index (χ2n) is 6.61. The highest BCUT2D eigenvalue weighted by molar-refractivity contribution is 5.96. The number of anilines is 1. The van der Waals surface area contributed by atoms with Crippen LogP contribution in [0.25, 0.3) is 11.0 Å². The number of aromatic nitrogens is 2. The number of carbonyl (C=O) groups excluding carboxylic acids is 1. The molecule has 1 atom stereocenters. The Morgan fingerprint density at radius 3 is 2.39 bits per heavy atom. The Morgan fingerprint density at radius 2 is 1.75 bits per heavy atom. The van der Waals surface area contributed by atoms with Crippen molar-refractivity contribution in [3.8, 4) is 0 Å². The summed E-state index contributed by atoms with van der Waals surface area (Å²) in [6, 6.07) is 9.34. The van der Waals surface area contributed by atoms with E-state index in [9.17, 15) is 22.8 Å². The molecular weight excluding hydrogens is 373 g/mol. The smallest absolute Gasteiger partial charge is 0.325 e. The summed E-state index contributed by atoms with van der Waals surface area (Å²) in [5, 5.41) is 2.77. The number of hydrogen-bond donors (Lipinski definition) is 3. The number of alkyl halides is 3. The molecule has 0 radical (unpaired) electrons. The Morgan fingerprint density at radius 1 is 1.11 bits per heavy atom. The normalized spacial score (nSPS) is 13.1. The van der Waals surface area contributed by atoms with Crippen LogP contribution in [0, 0.1) is 0 Å². The Hall–Kier alpha value is -3.07. The molecule has 0 unspecified atom stereocenters. The molecular formula is C19H19F3N4O2. The molecule has 148 valence electrons. The lowest BCUT2D eigenvalue weighted by atomic mass is 10.1. The average Bonchev–Trinajstić information content (AvgIpc) is 3.00. The van der Waals surface area contributed by atoms with Crippen molar-refractivity contribution in [2.75, 3.05) is 12.4 Å². The number of aromatic amines is 2. The summed E-state index contributed by atoms with van der Waals surface area (Å²) in [7, 11) is 1.72. The van der Waals surface area contributed by atoms with E-state index in [4.69, 9.17) is 0 Å². The van der Waals surface area contributed by atoms with Crippen molar-refractivity contribution in [1.82, 2.24) is 14.9 Å². The van der Waals surface area contributed by atoms with Gasteiger partial charge in [0, 0.05) is 12.2 Å². The number of nitrogens with zero attached hydrogens (tertiary/aromatic N) is 1. The number of rotatable bonds is 5. The fraction of sp³-hybridized carbons (Fsp3) is 0.263. The van der Waals surface area contributed by atoms with E-state index in [0.29, 0.717) is 28.8 Å². The van der Waals surface area contributed by atoms with Crippen LogP contribution >= 0.6 is 0 Å². The van der Waals surface area contributed by atoms with Gasteiger partial charge in [-0.2, -0.15) is 13.2 Å². The highest BCUT2D eigenvalue weighted by Gasteiger charge is 2.30. The van der Waals surface area contributed by atoms with Gasteiger partial charge in [-0.15, -0.1) is 0 Å². The maximum atomic E-state index is 12.6. The molecule has 1 heterocycles. The van der Waals surface area contributed by atoms with Crippen molar-refractivity contribution >= 4 is 22.6 Å². The van der Waals surface area contributed by atoms with Gasteiger partial charge in [-0.05, 0) is 49.9 Å². The van der Waals surface area contributed by atoms with Crippen molar-refractivity contribution in [3.05, 3.63) is 64.1 Å². The largest absolute Gasteiger partial charge is 0.416 e. The topological polar surface area (TPSA) is 81.0 Å². The van der Waals surface area contributed by atoms with Gasteiger partial charge in [0.1, 0.15) is 0 Å². The predicted molar refractivity (Wildman–Crippen MR) is 99.9 cm³/mol. The van der Waals surface area contributed by atoms with Crippen molar-refractivity contribution in [2.24, 2.45) is 0 Å². The zero-order valence-corrected chi connectivity index (χ0v) is 15.2. The summed E-state index contributed by atoms with van der Waals surface area (Å²) in [5.41, 5.74) is 1.37. The third-order valence-corrected chi connectivity index (χ3v) is 4.54. The highest BCUT2D eigenvalue weighted by Crippen LogP contribution is 2.29. The van der Waals surface area contributed by atoms with Gasteiger partial charge >= 0.3 is 11.9 Å². The van der Waals surface area contributed by atoms with Crippen LogP contribution in [0.4, 0.5) is 18.9 Å². The van der Waals surface area contributed by atoms with E-state index in [0.717, 1.165) is 12.1 Å². The number of likely N-dealkylation sites (N-methyl/N-ethyl adjacent to an activating group) is 1. The molecule has 1 aromatic heterocycles.